The van der Waals surface area contributed by atoms with Crippen LogP contribution >= 0.6 is 0 Å². The lowest BCUT2D eigenvalue weighted by Crippen LogP contribution is -2.24. The van der Waals surface area contributed by atoms with Gasteiger partial charge in [-0.1, -0.05) is 6.92 Å². The Hall–Kier alpha value is -2.23. The highest BCUT2D eigenvalue weighted by Gasteiger charge is 2.12. The molecule has 0 aliphatic rings. The van der Waals surface area contributed by atoms with Crippen LogP contribution in [0, 0.1) is 0 Å². The smallest absolute Gasteiger partial charge is 0.253 e. The number of carbonyl (C=O) groups excluding carboxylic acids is 1. The third kappa shape index (κ3) is 2.71. The molecule has 4 nitrogen and oxygen atoms in total. The third-order valence-electron chi connectivity index (χ3n) is 2.54. The summed E-state index contributed by atoms with van der Waals surface area (Å²) in [5, 5.41) is 2.86. The lowest BCUT2D eigenvalue weighted by atomic mass is 10.1. The molecule has 2 rings (SSSR count). The summed E-state index contributed by atoms with van der Waals surface area (Å²) in [6, 6.07) is 7.25. The summed E-state index contributed by atoms with van der Waals surface area (Å²) in [4.78, 5) is 20.3. The Morgan fingerprint density at radius 1 is 1.22 bits per heavy atom. The Bertz CT molecular complexity index is 526. The second kappa shape index (κ2) is 5.91. The fourth-order valence-corrected chi connectivity index (χ4v) is 1.66. The van der Waals surface area contributed by atoms with Gasteiger partial charge in [0.1, 0.15) is 0 Å². The molecule has 1 amide bonds. The molecule has 0 spiro atoms. The van der Waals surface area contributed by atoms with Crippen molar-refractivity contribution in [1.82, 2.24) is 15.3 Å². The van der Waals surface area contributed by atoms with Crippen molar-refractivity contribution < 1.29 is 4.79 Å². The minimum Gasteiger partial charge on any atom is -0.352 e. The number of rotatable bonds is 4. The van der Waals surface area contributed by atoms with Crippen molar-refractivity contribution in [3.05, 3.63) is 48.4 Å². The fraction of sp³-hybridized carbons (Fsp3) is 0.214. The number of pyridine rings is 2. The summed E-state index contributed by atoms with van der Waals surface area (Å²) in [7, 11) is 0. The maximum absolute atomic E-state index is 12.0. The number of nitrogens with one attached hydrogen (secondary N) is 1. The Labute approximate surface area is 106 Å². The van der Waals surface area contributed by atoms with Crippen molar-refractivity contribution in [1.29, 1.82) is 0 Å². The van der Waals surface area contributed by atoms with E-state index in [0.29, 0.717) is 17.8 Å². The summed E-state index contributed by atoms with van der Waals surface area (Å²) >= 11 is 0. The SMILES string of the molecule is CCCNC(=O)c1cccnc1-c1ccncc1. The maximum Gasteiger partial charge on any atom is 0.253 e. The van der Waals surface area contributed by atoms with Crippen molar-refractivity contribution in [2.45, 2.75) is 13.3 Å². The van der Waals surface area contributed by atoms with E-state index in [1.807, 2.05) is 19.1 Å². The lowest BCUT2D eigenvalue weighted by molar-refractivity contribution is 0.0954. The number of carbonyl (C=O) groups is 1. The van der Waals surface area contributed by atoms with Crippen LogP contribution in [0.4, 0.5) is 0 Å². The molecule has 0 unspecified atom stereocenters. The highest BCUT2D eigenvalue weighted by atomic mass is 16.1. The van der Waals surface area contributed by atoms with Gasteiger partial charge in [-0.2, -0.15) is 0 Å². The topological polar surface area (TPSA) is 54.9 Å². The molecule has 0 bridgehead atoms. The number of hydrogen-bond donors (Lipinski definition) is 1. The molecule has 0 fully saturated rings. The van der Waals surface area contributed by atoms with E-state index >= 15 is 0 Å². The van der Waals surface area contributed by atoms with Gasteiger partial charge in [0.15, 0.2) is 0 Å². The molecule has 92 valence electrons. The van der Waals surface area contributed by atoms with Crippen molar-refractivity contribution in [2.24, 2.45) is 0 Å². The van der Waals surface area contributed by atoms with Gasteiger partial charge in [0.25, 0.3) is 5.91 Å². The molecule has 0 aliphatic carbocycles. The molecular formula is C14H15N3O. The molecular weight excluding hydrogens is 226 g/mol. The molecule has 2 aromatic heterocycles. The van der Waals surface area contributed by atoms with Gasteiger partial charge in [0.2, 0.25) is 0 Å². The van der Waals surface area contributed by atoms with Crippen LogP contribution in [0.3, 0.4) is 0 Å². The zero-order valence-corrected chi connectivity index (χ0v) is 10.3. The Balaban J connectivity index is 2.34. The second-order valence-corrected chi connectivity index (χ2v) is 3.89. The van der Waals surface area contributed by atoms with Crippen LogP contribution in [0.25, 0.3) is 11.3 Å². The molecule has 0 saturated carbocycles. The van der Waals surface area contributed by atoms with Crippen LogP contribution in [0.15, 0.2) is 42.9 Å². The number of nitrogens with zero attached hydrogens (tertiary/aromatic N) is 2. The third-order valence-corrected chi connectivity index (χ3v) is 2.54. The average Bonchev–Trinajstić information content (AvgIpc) is 2.45. The van der Waals surface area contributed by atoms with Gasteiger partial charge in [-0.3, -0.25) is 14.8 Å². The fourth-order valence-electron chi connectivity index (χ4n) is 1.66. The highest BCUT2D eigenvalue weighted by molar-refractivity contribution is 5.99. The number of aromatic nitrogens is 2. The van der Waals surface area contributed by atoms with Crippen LogP contribution in [0.2, 0.25) is 0 Å². The predicted molar refractivity (Wildman–Crippen MR) is 70.1 cm³/mol. The minimum atomic E-state index is -0.0863. The summed E-state index contributed by atoms with van der Waals surface area (Å²) in [5.41, 5.74) is 2.18. The maximum atomic E-state index is 12.0. The van der Waals surface area contributed by atoms with Crippen molar-refractivity contribution >= 4 is 5.91 Å². The van der Waals surface area contributed by atoms with Gasteiger partial charge >= 0.3 is 0 Å². The van der Waals surface area contributed by atoms with Crippen molar-refractivity contribution in [3.63, 3.8) is 0 Å². The molecule has 2 heterocycles. The van der Waals surface area contributed by atoms with Gasteiger partial charge < -0.3 is 5.32 Å². The quantitative estimate of drug-likeness (QED) is 0.893. The van der Waals surface area contributed by atoms with E-state index in [-0.39, 0.29) is 5.91 Å². The van der Waals surface area contributed by atoms with Crippen LogP contribution in [-0.4, -0.2) is 22.4 Å². The van der Waals surface area contributed by atoms with Gasteiger partial charge in [0, 0.05) is 30.7 Å². The van der Waals surface area contributed by atoms with Crippen LogP contribution in [-0.2, 0) is 0 Å². The monoisotopic (exact) mass is 241 g/mol. The summed E-state index contributed by atoms with van der Waals surface area (Å²) < 4.78 is 0. The van der Waals surface area contributed by atoms with E-state index < -0.39 is 0 Å². The molecule has 18 heavy (non-hydrogen) atoms. The molecule has 1 N–H and O–H groups in total. The van der Waals surface area contributed by atoms with E-state index in [1.165, 1.54) is 0 Å². The Morgan fingerprint density at radius 3 is 2.72 bits per heavy atom. The number of hydrogen-bond acceptors (Lipinski definition) is 3. The second-order valence-electron chi connectivity index (χ2n) is 3.89. The van der Waals surface area contributed by atoms with E-state index in [1.54, 1.807) is 30.7 Å². The molecule has 0 saturated heterocycles. The van der Waals surface area contributed by atoms with E-state index in [2.05, 4.69) is 15.3 Å². The molecule has 0 aromatic carbocycles. The van der Waals surface area contributed by atoms with Crippen LogP contribution in [0.5, 0.6) is 0 Å². The molecule has 0 aliphatic heterocycles. The van der Waals surface area contributed by atoms with Gasteiger partial charge in [0.05, 0.1) is 11.3 Å². The molecule has 2 aromatic rings. The summed E-state index contributed by atoms with van der Waals surface area (Å²) in [6.07, 6.45) is 5.98. The lowest BCUT2D eigenvalue weighted by Gasteiger charge is -2.08. The van der Waals surface area contributed by atoms with E-state index in [4.69, 9.17) is 0 Å². The zero-order valence-electron chi connectivity index (χ0n) is 10.3. The minimum absolute atomic E-state index is 0.0863. The highest BCUT2D eigenvalue weighted by Crippen LogP contribution is 2.19. The van der Waals surface area contributed by atoms with Crippen molar-refractivity contribution in [3.8, 4) is 11.3 Å². The first-order chi connectivity index (χ1) is 8.83. The van der Waals surface area contributed by atoms with Crippen molar-refractivity contribution in [2.75, 3.05) is 6.54 Å². The average molecular weight is 241 g/mol. The molecule has 0 radical (unpaired) electrons. The Morgan fingerprint density at radius 2 is 2.00 bits per heavy atom. The largest absolute Gasteiger partial charge is 0.352 e. The van der Waals surface area contributed by atoms with Crippen LogP contribution in [0.1, 0.15) is 23.7 Å². The summed E-state index contributed by atoms with van der Waals surface area (Å²) in [5.74, 6) is -0.0863. The van der Waals surface area contributed by atoms with Gasteiger partial charge in [-0.05, 0) is 30.7 Å². The van der Waals surface area contributed by atoms with Gasteiger partial charge in [-0.15, -0.1) is 0 Å². The zero-order chi connectivity index (χ0) is 12.8. The first-order valence-corrected chi connectivity index (χ1v) is 5.96. The standard InChI is InChI=1S/C14H15N3O/c1-2-7-17-14(18)12-4-3-8-16-13(12)11-5-9-15-10-6-11/h3-6,8-10H,2,7H2,1H3,(H,17,18). The summed E-state index contributed by atoms with van der Waals surface area (Å²) in [6.45, 7) is 2.69. The molecule has 4 heteroatoms. The predicted octanol–water partition coefficient (Wildman–Crippen LogP) is 2.28. The first-order valence-electron chi connectivity index (χ1n) is 5.96. The molecule has 0 atom stereocenters. The van der Waals surface area contributed by atoms with E-state index in [9.17, 15) is 4.79 Å². The van der Waals surface area contributed by atoms with Crippen LogP contribution < -0.4 is 5.32 Å². The Kier molecular flexibility index (Phi) is 4.02. The van der Waals surface area contributed by atoms with Gasteiger partial charge in [-0.25, -0.2) is 0 Å². The number of amides is 1. The van der Waals surface area contributed by atoms with E-state index in [0.717, 1.165) is 12.0 Å². The normalized spacial score (nSPS) is 10.1. The first kappa shape index (κ1) is 12.2.